The van der Waals surface area contributed by atoms with Gasteiger partial charge in [0.05, 0.1) is 4.90 Å². The Kier molecular flexibility index (Phi) is 6.86. The molecular weight excluding hydrogens is 406 g/mol. The van der Waals surface area contributed by atoms with Crippen molar-refractivity contribution in [2.24, 2.45) is 0 Å². The minimum Gasteiger partial charge on any atom is -0.342 e. The van der Waals surface area contributed by atoms with Crippen LogP contribution in [0, 0.1) is 6.92 Å². The van der Waals surface area contributed by atoms with Crippen LogP contribution in [-0.2, 0) is 26.0 Å². The number of hydroxylamine groups is 1. The maximum atomic E-state index is 13.1. The van der Waals surface area contributed by atoms with E-state index in [-0.39, 0.29) is 17.9 Å². The molecule has 1 heterocycles. The molecule has 160 valence electrons. The van der Waals surface area contributed by atoms with E-state index in [4.69, 9.17) is 5.21 Å². The monoisotopic (exact) mass is 431 g/mol. The molecule has 2 aromatic carbocycles. The summed E-state index contributed by atoms with van der Waals surface area (Å²) in [4.78, 5) is 25.1. The number of amides is 2. The SMILES string of the molecule is Cc1ccc(S(=O)(=O)N2CCC[C@H]2C(=O)N[C@@H](Cc2ccccc2)C(=O)NO)cc1. The van der Waals surface area contributed by atoms with E-state index in [1.54, 1.807) is 41.9 Å². The zero-order valence-corrected chi connectivity index (χ0v) is 17.4. The molecule has 0 spiro atoms. The number of carbonyl (C=O) groups is 2. The van der Waals surface area contributed by atoms with E-state index < -0.39 is 33.9 Å². The third-order valence-electron chi connectivity index (χ3n) is 5.16. The normalized spacial score (nSPS) is 18.0. The van der Waals surface area contributed by atoms with E-state index in [9.17, 15) is 18.0 Å². The van der Waals surface area contributed by atoms with Crippen LogP contribution >= 0.6 is 0 Å². The first-order valence-corrected chi connectivity index (χ1v) is 11.1. The van der Waals surface area contributed by atoms with Crippen molar-refractivity contribution in [1.29, 1.82) is 0 Å². The summed E-state index contributed by atoms with van der Waals surface area (Å²) in [6.45, 7) is 2.09. The molecule has 9 heteroatoms. The molecule has 0 aliphatic carbocycles. The largest absolute Gasteiger partial charge is 0.342 e. The van der Waals surface area contributed by atoms with Gasteiger partial charge in [-0.05, 0) is 37.5 Å². The Hall–Kier alpha value is -2.75. The quantitative estimate of drug-likeness (QED) is 0.452. The van der Waals surface area contributed by atoms with Crippen LogP contribution in [0.2, 0.25) is 0 Å². The number of carbonyl (C=O) groups excluding carboxylic acids is 2. The van der Waals surface area contributed by atoms with Gasteiger partial charge in [0.25, 0.3) is 5.91 Å². The number of hydrogen-bond acceptors (Lipinski definition) is 5. The van der Waals surface area contributed by atoms with Crippen LogP contribution in [0.25, 0.3) is 0 Å². The second-order valence-electron chi connectivity index (χ2n) is 7.31. The smallest absolute Gasteiger partial charge is 0.266 e. The maximum Gasteiger partial charge on any atom is 0.266 e. The van der Waals surface area contributed by atoms with Gasteiger partial charge in [-0.15, -0.1) is 0 Å². The fourth-order valence-corrected chi connectivity index (χ4v) is 5.20. The predicted molar refractivity (Wildman–Crippen MR) is 110 cm³/mol. The van der Waals surface area contributed by atoms with Crippen molar-refractivity contribution >= 4 is 21.8 Å². The van der Waals surface area contributed by atoms with Crippen LogP contribution in [-0.4, -0.2) is 48.4 Å². The molecule has 8 nitrogen and oxygen atoms in total. The fourth-order valence-electron chi connectivity index (χ4n) is 3.54. The van der Waals surface area contributed by atoms with Crippen LogP contribution in [0.4, 0.5) is 0 Å². The number of sulfonamides is 1. The average Bonchev–Trinajstić information content (AvgIpc) is 3.25. The highest BCUT2D eigenvalue weighted by atomic mass is 32.2. The summed E-state index contributed by atoms with van der Waals surface area (Å²) in [7, 11) is -3.85. The first kappa shape index (κ1) is 21.9. The molecule has 1 aliphatic heterocycles. The standard InChI is InChI=1S/C21H25N3O5S/c1-15-9-11-17(12-10-15)30(28,29)24-13-5-8-19(24)21(26)22-18(20(25)23-27)14-16-6-3-2-4-7-16/h2-4,6-7,9-12,18-19,27H,5,8,13-14H2,1H3,(H,22,26)(H,23,25)/t18-,19-/m0/s1. The molecule has 30 heavy (non-hydrogen) atoms. The summed E-state index contributed by atoms with van der Waals surface area (Å²) in [6, 6.07) is 13.5. The molecule has 0 aromatic heterocycles. The predicted octanol–water partition coefficient (Wildman–Crippen LogP) is 1.38. The van der Waals surface area contributed by atoms with Gasteiger partial charge in [0.15, 0.2) is 0 Å². The fraction of sp³-hybridized carbons (Fsp3) is 0.333. The molecule has 1 fully saturated rings. The summed E-state index contributed by atoms with van der Waals surface area (Å²) < 4.78 is 27.3. The van der Waals surface area contributed by atoms with Gasteiger partial charge in [0, 0.05) is 13.0 Å². The lowest BCUT2D eigenvalue weighted by molar-refractivity contribution is -0.135. The Balaban J connectivity index is 1.78. The van der Waals surface area contributed by atoms with E-state index in [0.717, 1.165) is 11.1 Å². The highest BCUT2D eigenvalue weighted by Gasteiger charge is 2.40. The van der Waals surface area contributed by atoms with E-state index in [0.29, 0.717) is 12.8 Å². The topological polar surface area (TPSA) is 116 Å². The zero-order chi connectivity index (χ0) is 21.7. The second-order valence-corrected chi connectivity index (χ2v) is 9.20. The van der Waals surface area contributed by atoms with Crippen molar-refractivity contribution in [3.8, 4) is 0 Å². The molecule has 2 amide bonds. The Morgan fingerprint density at radius 3 is 2.43 bits per heavy atom. The van der Waals surface area contributed by atoms with E-state index in [1.165, 1.54) is 16.4 Å². The minimum absolute atomic E-state index is 0.127. The molecule has 3 rings (SSSR count). The van der Waals surface area contributed by atoms with Crippen molar-refractivity contribution in [2.75, 3.05) is 6.54 Å². The Morgan fingerprint density at radius 2 is 1.80 bits per heavy atom. The molecule has 0 unspecified atom stereocenters. The van der Waals surface area contributed by atoms with E-state index >= 15 is 0 Å². The van der Waals surface area contributed by atoms with Gasteiger partial charge in [0.1, 0.15) is 12.1 Å². The third-order valence-corrected chi connectivity index (χ3v) is 7.08. The summed E-state index contributed by atoms with van der Waals surface area (Å²) >= 11 is 0. The number of aryl methyl sites for hydroxylation is 1. The van der Waals surface area contributed by atoms with Crippen molar-refractivity contribution < 1.29 is 23.2 Å². The highest BCUT2D eigenvalue weighted by Crippen LogP contribution is 2.26. The highest BCUT2D eigenvalue weighted by molar-refractivity contribution is 7.89. The van der Waals surface area contributed by atoms with Crippen LogP contribution in [0.3, 0.4) is 0 Å². The lowest BCUT2D eigenvalue weighted by atomic mass is 10.0. The van der Waals surface area contributed by atoms with Gasteiger partial charge >= 0.3 is 0 Å². The van der Waals surface area contributed by atoms with Gasteiger partial charge < -0.3 is 5.32 Å². The minimum atomic E-state index is -3.85. The summed E-state index contributed by atoms with van der Waals surface area (Å²) in [5.41, 5.74) is 3.30. The molecule has 0 radical (unpaired) electrons. The van der Waals surface area contributed by atoms with Crippen LogP contribution in [0.15, 0.2) is 59.5 Å². The lowest BCUT2D eigenvalue weighted by Crippen LogP contribution is -2.53. The number of nitrogens with zero attached hydrogens (tertiary/aromatic N) is 1. The first-order chi connectivity index (χ1) is 14.3. The van der Waals surface area contributed by atoms with E-state index in [2.05, 4.69) is 5.32 Å². The van der Waals surface area contributed by atoms with Crippen LogP contribution < -0.4 is 10.8 Å². The van der Waals surface area contributed by atoms with E-state index in [1.807, 2.05) is 13.0 Å². The average molecular weight is 432 g/mol. The van der Waals surface area contributed by atoms with Crippen molar-refractivity contribution in [1.82, 2.24) is 15.1 Å². The molecule has 0 saturated carbocycles. The summed E-state index contributed by atoms with van der Waals surface area (Å²) in [6.07, 6.45) is 1.06. The second kappa shape index (κ2) is 9.38. The molecule has 1 aliphatic rings. The zero-order valence-electron chi connectivity index (χ0n) is 16.6. The molecule has 2 aromatic rings. The third kappa shape index (κ3) is 4.86. The molecular formula is C21H25N3O5S. The van der Waals surface area contributed by atoms with Crippen molar-refractivity contribution in [3.05, 3.63) is 65.7 Å². The van der Waals surface area contributed by atoms with Crippen LogP contribution in [0.5, 0.6) is 0 Å². The Morgan fingerprint density at radius 1 is 1.13 bits per heavy atom. The van der Waals surface area contributed by atoms with Gasteiger partial charge in [-0.1, -0.05) is 48.0 Å². The summed E-state index contributed by atoms with van der Waals surface area (Å²) in [5.74, 6) is -1.33. The molecule has 2 atom stereocenters. The Bertz CT molecular complexity index is 993. The van der Waals surface area contributed by atoms with Gasteiger partial charge in [-0.2, -0.15) is 4.31 Å². The maximum absolute atomic E-state index is 13.1. The molecule has 1 saturated heterocycles. The van der Waals surface area contributed by atoms with Gasteiger partial charge in [-0.25, -0.2) is 13.9 Å². The number of benzene rings is 2. The lowest BCUT2D eigenvalue weighted by Gasteiger charge is -2.25. The summed E-state index contributed by atoms with van der Waals surface area (Å²) in [5, 5.41) is 11.7. The number of rotatable bonds is 7. The molecule has 0 bridgehead atoms. The van der Waals surface area contributed by atoms with Crippen molar-refractivity contribution in [2.45, 2.75) is 43.2 Å². The Labute approximate surface area is 175 Å². The number of hydrogen-bond donors (Lipinski definition) is 3. The molecule has 3 N–H and O–H groups in total. The van der Waals surface area contributed by atoms with Crippen molar-refractivity contribution in [3.63, 3.8) is 0 Å². The van der Waals surface area contributed by atoms with Crippen LogP contribution in [0.1, 0.15) is 24.0 Å². The number of nitrogens with one attached hydrogen (secondary N) is 2. The van der Waals surface area contributed by atoms with Gasteiger partial charge in [-0.3, -0.25) is 14.8 Å². The first-order valence-electron chi connectivity index (χ1n) is 9.69. The van der Waals surface area contributed by atoms with Gasteiger partial charge in [0.2, 0.25) is 15.9 Å².